The van der Waals surface area contributed by atoms with Crippen molar-refractivity contribution in [2.24, 2.45) is 0 Å². The van der Waals surface area contributed by atoms with Gasteiger partial charge >= 0.3 is 0 Å². The van der Waals surface area contributed by atoms with E-state index in [2.05, 4.69) is 39.4 Å². The summed E-state index contributed by atoms with van der Waals surface area (Å²) in [6.45, 7) is 6.46. The number of hydrogen-bond acceptors (Lipinski definition) is 3. The third-order valence-electron chi connectivity index (χ3n) is 3.78. The standard InChI is InChI=1S/C14H21N5/c1-2-6-19-10-12(8-16-19)9-18-7-4-13(11-18)14-3-5-15-17-14/h3,5,8,10,13H,2,4,6-7,9,11H2,1H3,(H,15,17)/t13-/m1/s1. The molecule has 1 atom stereocenters. The highest BCUT2D eigenvalue weighted by Crippen LogP contribution is 2.26. The summed E-state index contributed by atoms with van der Waals surface area (Å²) < 4.78 is 2.04. The van der Waals surface area contributed by atoms with E-state index in [1.54, 1.807) is 0 Å². The number of aryl methyl sites for hydroxylation is 1. The molecule has 0 amide bonds. The van der Waals surface area contributed by atoms with Gasteiger partial charge in [0.1, 0.15) is 0 Å². The number of nitrogens with one attached hydrogen (secondary N) is 1. The van der Waals surface area contributed by atoms with E-state index >= 15 is 0 Å². The molecule has 2 aromatic heterocycles. The maximum absolute atomic E-state index is 4.39. The van der Waals surface area contributed by atoms with Crippen LogP contribution in [0.3, 0.4) is 0 Å². The number of hydrogen-bond donors (Lipinski definition) is 1. The van der Waals surface area contributed by atoms with Gasteiger partial charge in [0.15, 0.2) is 0 Å². The SMILES string of the molecule is CCCn1cc(CN2CC[C@@H](c3ccn[nH]3)C2)cn1. The Hall–Kier alpha value is -1.62. The molecule has 1 saturated heterocycles. The van der Waals surface area contributed by atoms with Crippen LogP contribution < -0.4 is 0 Å². The fourth-order valence-corrected chi connectivity index (χ4v) is 2.82. The van der Waals surface area contributed by atoms with E-state index in [1.165, 1.54) is 17.7 Å². The fraction of sp³-hybridized carbons (Fsp3) is 0.571. The van der Waals surface area contributed by atoms with Crippen LogP contribution >= 0.6 is 0 Å². The van der Waals surface area contributed by atoms with Crippen molar-refractivity contribution in [3.63, 3.8) is 0 Å². The van der Waals surface area contributed by atoms with Gasteiger partial charge in [-0.15, -0.1) is 0 Å². The van der Waals surface area contributed by atoms with Crippen molar-refractivity contribution in [3.05, 3.63) is 35.9 Å². The molecule has 0 aliphatic carbocycles. The molecule has 0 unspecified atom stereocenters. The van der Waals surface area contributed by atoms with Crippen molar-refractivity contribution in [2.75, 3.05) is 13.1 Å². The molecule has 0 spiro atoms. The summed E-state index contributed by atoms with van der Waals surface area (Å²) in [5.74, 6) is 0.605. The Bertz CT molecular complexity index is 502. The molecule has 102 valence electrons. The number of aromatic nitrogens is 4. The maximum Gasteiger partial charge on any atom is 0.0534 e. The van der Waals surface area contributed by atoms with Gasteiger partial charge in [-0.2, -0.15) is 10.2 Å². The van der Waals surface area contributed by atoms with E-state index in [9.17, 15) is 0 Å². The lowest BCUT2D eigenvalue weighted by Crippen LogP contribution is -2.19. The summed E-state index contributed by atoms with van der Waals surface area (Å²) in [6, 6.07) is 2.09. The molecule has 3 rings (SSSR count). The Morgan fingerprint density at radius 3 is 3.21 bits per heavy atom. The normalized spacial score (nSPS) is 20.2. The minimum Gasteiger partial charge on any atom is -0.298 e. The third-order valence-corrected chi connectivity index (χ3v) is 3.78. The summed E-state index contributed by atoms with van der Waals surface area (Å²) in [4.78, 5) is 2.50. The molecule has 2 aromatic rings. The number of aromatic amines is 1. The zero-order valence-electron chi connectivity index (χ0n) is 11.4. The first kappa shape index (κ1) is 12.4. The lowest BCUT2D eigenvalue weighted by atomic mass is 10.1. The predicted molar refractivity (Wildman–Crippen MR) is 73.7 cm³/mol. The van der Waals surface area contributed by atoms with Crippen molar-refractivity contribution in [1.29, 1.82) is 0 Å². The molecule has 5 nitrogen and oxygen atoms in total. The van der Waals surface area contributed by atoms with Gasteiger partial charge in [0, 0.05) is 49.2 Å². The monoisotopic (exact) mass is 259 g/mol. The van der Waals surface area contributed by atoms with E-state index in [1.807, 2.05) is 17.1 Å². The second kappa shape index (κ2) is 5.57. The molecule has 0 aromatic carbocycles. The summed E-state index contributed by atoms with van der Waals surface area (Å²) in [5.41, 5.74) is 2.59. The van der Waals surface area contributed by atoms with Gasteiger partial charge in [-0.1, -0.05) is 6.92 Å². The molecule has 0 radical (unpaired) electrons. The number of rotatable bonds is 5. The number of H-pyrrole nitrogens is 1. The summed E-state index contributed by atoms with van der Waals surface area (Å²) in [7, 11) is 0. The Morgan fingerprint density at radius 2 is 2.42 bits per heavy atom. The van der Waals surface area contributed by atoms with Crippen molar-refractivity contribution in [3.8, 4) is 0 Å². The van der Waals surface area contributed by atoms with Crippen LogP contribution in [0.2, 0.25) is 0 Å². The molecule has 5 heteroatoms. The van der Waals surface area contributed by atoms with Gasteiger partial charge in [0.2, 0.25) is 0 Å². The van der Waals surface area contributed by atoms with Crippen LogP contribution in [0.1, 0.15) is 36.9 Å². The minimum atomic E-state index is 0.605. The van der Waals surface area contributed by atoms with Crippen LogP contribution in [0, 0.1) is 0 Å². The first-order valence-corrected chi connectivity index (χ1v) is 7.08. The smallest absolute Gasteiger partial charge is 0.0534 e. The van der Waals surface area contributed by atoms with Crippen LogP contribution in [-0.2, 0) is 13.1 Å². The van der Waals surface area contributed by atoms with Gasteiger partial charge < -0.3 is 0 Å². The number of nitrogens with zero attached hydrogens (tertiary/aromatic N) is 4. The maximum atomic E-state index is 4.39. The zero-order valence-corrected chi connectivity index (χ0v) is 11.4. The molecule has 0 saturated carbocycles. The largest absolute Gasteiger partial charge is 0.298 e. The Morgan fingerprint density at radius 1 is 1.47 bits per heavy atom. The molecule has 1 aliphatic rings. The lowest BCUT2D eigenvalue weighted by Gasteiger charge is -2.14. The highest BCUT2D eigenvalue weighted by molar-refractivity contribution is 5.10. The second-order valence-electron chi connectivity index (χ2n) is 5.34. The van der Waals surface area contributed by atoms with Crippen molar-refractivity contribution in [1.82, 2.24) is 24.9 Å². The van der Waals surface area contributed by atoms with E-state index in [-0.39, 0.29) is 0 Å². The Balaban J connectivity index is 1.56. The molecule has 19 heavy (non-hydrogen) atoms. The molecule has 0 bridgehead atoms. The van der Waals surface area contributed by atoms with Crippen LogP contribution in [-0.4, -0.2) is 38.0 Å². The predicted octanol–water partition coefficient (Wildman–Crippen LogP) is 2.01. The van der Waals surface area contributed by atoms with E-state index in [0.29, 0.717) is 5.92 Å². The average Bonchev–Trinajstić information content (AvgIpc) is 3.10. The van der Waals surface area contributed by atoms with E-state index < -0.39 is 0 Å². The molecular formula is C14H21N5. The van der Waals surface area contributed by atoms with Gasteiger partial charge in [0.05, 0.1) is 6.20 Å². The van der Waals surface area contributed by atoms with Crippen molar-refractivity contribution in [2.45, 2.75) is 38.8 Å². The van der Waals surface area contributed by atoms with Crippen LogP contribution in [0.25, 0.3) is 0 Å². The first-order chi connectivity index (χ1) is 9.35. The Kier molecular flexibility index (Phi) is 3.64. The first-order valence-electron chi connectivity index (χ1n) is 7.08. The molecule has 1 N–H and O–H groups in total. The van der Waals surface area contributed by atoms with Gasteiger partial charge in [-0.05, 0) is 25.5 Å². The van der Waals surface area contributed by atoms with Crippen molar-refractivity contribution >= 4 is 0 Å². The molecule has 1 aliphatic heterocycles. The van der Waals surface area contributed by atoms with E-state index in [4.69, 9.17) is 0 Å². The van der Waals surface area contributed by atoms with Gasteiger partial charge in [-0.25, -0.2) is 0 Å². The van der Waals surface area contributed by atoms with Crippen LogP contribution in [0.15, 0.2) is 24.7 Å². The zero-order chi connectivity index (χ0) is 13.1. The topological polar surface area (TPSA) is 49.7 Å². The lowest BCUT2D eigenvalue weighted by molar-refractivity contribution is 0.326. The van der Waals surface area contributed by atoms with Crippen molar-refractivity contribution < 1.29 is 0 Å². The molecular weight excluding hydrogens is 238 g/mol. The average molecular weight is 259 g/mol. The van der Waals surface area contributed by atoms with Crippen LogP contribution in [0.5, 0.6) is 0 Å². The highest BCUT2D eigenvalue weighted by atomic mass is 15.3. The molecule has 1 fully saturated rings. The quantitative estimate of drug-likeness (QED) is 0.893. The summed E-state index contributed by atoms with van der Waals surface area (Å²) in [5, 5.41) is 11.5. The van der Waals surface area contributed by atoms with Gasteiger partial charge in [-0.3, -0.25) is 14.7 Å². The Labute approximate surface area is 113 Å². The van der Waals surface area contributed by atoms with Gasteiger partial charge in [0.25, 0.3) is 0 Å². The summed E-state index contributed by atoms with van der Waals surface area (Å²) >= 11 is 0. The summed E-state index contributed by atoms with van der Waals surface area (Å²) in [6.07, 6.45) is 8.36. The fourth-order valence-electron chi connectivity index (χ4n) is 2.82. The highest BCUT2D eigenvalue weighted by Gasteiger charge is 2.24. The number of likely N-dealkylation sites (tertiary alicyclic amines) is 1. The minimum absolute atomic E-state index is 0.605. The van der Waals surface area contributed by atoms with Crippen LogP contribution in [0.4, 0.5) is 0 Å². The van der Waals surface area contributed by atoms with E-state index in [0.717, 1.165) is 32.6 Å². The third kappa shape index (κ3) is 2.87. The second-order valence-corrected chi connectivity index (χ2v) is 5.34. The molecule has 3 heterocycles.